The van der Waals surface area contributed by atoms with Crippen molar-refractivity contribution in [3.8, 4) is 0 Å². The fourth-order valence-corrected chi connectivity index (χ4v) is 1.92. The molecule has 0 N–H and O–H groups in total. The summed E-state index contributed by atoms with van der Waals surface area (Å²) >= 11 is 0. The molecule has 0 spiro atoms. The molecular formula is C15H18. The van der Waals surface area contributed by atoms with Crippen molar-refractivity contribution in [1.82, 2.24) is 0 Å². The zero-order valence-electron chi connectivity index (χ0n) is 9.37. The summed E-state index contributed by atoms with van der Waals surface area (Å²) < 4.78 is 0. The fraction of sp³-hybridized carbons (Fsp3) is 0.333. The van der Waals surface area contributed by atoms with Crippen molar-refractivity contribution >= 4 is 5.57 Å². The monoisotopic (exact) mass is 198 g/mol. The molecule has 0 bridgehead atoms. The molecule has 0 unspecified atom stereocenters. The zero-order valence-corrected chi connectivity index (χ0v) is 9.37. The van der Waals surface area contributed by atoms with Gasteiger partial charge in [0.1, 0.15) is 0 Å². The molecule has 1 aliphatic carbocycles. The first kappa shape index (κ1) is 10.2. The van der Waals surface area contributed by atoms with Crippen molar-refractivity contribution in [1.29, 1.82) is 0 Å². The molecule has 0 nitrogen and oxygen atoms in total. The van der Waals surface area contributed by atoms with E-state index >= 15 is 0 Å². The minimum Gasteiger partial charge on any atom is -0.0801 e. The minimum atomic E-state index is 1.09. The van der Waals surface area contributed by atoms with Crippen molar-refractivity contribution in [3.05, 3.63) is 53.6 Å². The summed E-state index contributed by atoms with van der Waals surface area (Å²) in [6, 6.07) is 9.01. The summed E-state index contributed by atoms with van der Waals surface area (Å²) in [4.78, 5) is 0. The van der Waals surface area contributed by atoms with Crippen molar-refractivity contribution in [3.63, 3.8) is 0 Å². The van der Waals surface area contributed by atoms with Gasteiger partial charge in [0.15, 0.2) is 0 Å². The Labute approximate surface area is 92.3 Å². The van der Waals surface area contributed by atoms with Crippen LogP contribution in [-0.2, 0) is 6.42 Å². The van der Waals surface area contributed by atoms with E-state index in [9.17, 15) is 0 Å². The fourth-order valence-electron chi connectivity index (χ4n) is 1.92. The third kappa shape index (κ3) is 2.59. The van der Waals surface area contributed by atoms with E-state index < -0.39 is 0 Å². The van der Waals surface area contributed by atoms with E-state index in [4.69, 9.17) is 0 Å². The zero-order chi connectivity index (χ0) is 10.5. The van der Waals surface area contributed by atoms with Gasteiger partial charge in [-0.3, -0.25) is 0 Å². The molecule has 0 saturated carbocycles. The SMILES string of the molecule is CCCCc1ccc(C2=CCC=C2)cc1. The van der Waals surface area contributed by atoms with E-state index in [1.165, 1.54) is 36.0 Å². The highest BCUT2D eigenvalue weighted by atomic mass is 14.1. The lowest BCUT2D eigenvalue weighted by atomic mass is 10.0. The Morgan fingerprint density at radius 3 is 2.53 bits per heavy atom. The third-order valence-corrected chi connectivity index (χ3v) is 2.88. The van der Waals surface area contributed by atoms with Gasteiger partial charge in [-0.2, -0.15) is 0 Å². The molecule has 0 radical (unpaired) electrons. The van der Waals surface area contributed by atoms with Gasteiger partial charge < -0.3 is 0 Å². The van der Waals surface area contributed by atoms with Crippen LogP contribution in [0.5, 0.6) is 0 Å². The molecule has 0 fully saturated rings. The highest BCUT2D eigenvalue weighted by Gasteiger charge is 2.01. The molecule has 0 amide bonds. The van der Waals surface area contributed by atoms with Gasteiger partial charge in [-0.1, -0.05) is 55.8 Å². The van der Waals surface area contributed by atoms with Crippen LogP contribution in [0.2, 0.25) is 0 Å². The molecule has 0 atom stereocenters. The summed E-state index contributed by atoms with van der Waals surface area (Å²) in [5, 5.41) is 0. The van der Waals surface area contributed by atoms with Crippen LogP contribution in [0.4, 0.5) is 0 Å². The average molecular weight is 198 g/mol. The van der Waals surface area contributed by atoms with E-state index in [1.54, 1.807) is 0 Å². The topological polar surface area (TPSA) is 0 Å². The molecule has 15 heavy (non-hydrogen) atoms. The maximum Gasteiger partial charge on any atom is -0.0157 e. The third-order valence-electron chi connectivity index (χ3n) is 2.88. The van der Waals surface area contributed by atoms with Crippen LogP contribution >= 0.6 is 0 Å². The lowest BCUT2D eigenvalue weighted by molar-refractivity contribution is 0.795. The van der Waals surface area contributed by atoms with Gasteiger partial charge in [-0.05, 0) is 36.0 Å². The highest BCUT2D eigenvalue weighted by Crippen LogP contribution is 2.22. The Morgan fingerprint density at radius 1 is 1.13 bits per heavy atom. The van der Waals surface area contributed by atoms with Crippen molar-refractivity contribution in [2.45, 2.75) is 32.6 Å². The molecular weight excluding hydrogens is 180 g/mol. The van der Waals surface area contributed by atoms with Gasteiger partial charge in [0, 0.05) is 0 Å². The summed E-state index contributed by atoms with van der Waals surface area (Å²) in [7, 11) is 0. The van der Waals surface area contributed by atoms with E-state index in [0.717, 1.165) is 6.42 Å². The Hall–Kier alpha value is -1.30. The maximum atomic E-state index is 2.28. The second kappa shape index (κ2) is 4.97. The predicted molar refractivity (Wildman–Crippen MR) is 66.8 cm³/mol. The van der Waals surface area contributed by atoms with Crippen LogP contribution in [0.3, 0.4) is 0 Å². The van der Waals surface area contributed by atoms with Gasteiger partial charge in [0.2, 0.25) is 0 Å². The van der Waals surface area contributed by atoms with Gasteiger partial charge in [-0.25, -0.2) is 0 Å². The van der Waals surface area contributed by atoms with Crippen molar-refractivity contribution < 1.29 is 0 Å². The van der Waals surface area contributed by atoms with Gasteiger partial charge in [0.25, 0.3) is 0 Å². The average Bonchev–Trinajstić information content (AvgIpc) is 2.80. The largest absolute Gasteiger partial charge is 0.0801 e. The molecule has 1 aromatic rings. The van der Waals surface area contributed by atoms with E-state index in [-0.39, 0.29) is 0 Å². The molecule has 0 aliphatic heterocycles. The van der Waals surface area contributed by atoms with E-state index in [0.29, 0.717) is 0 Å². The van der Waals surface area contributed by atoms with E-state index in [2.05, 4.69) is 49.4 Å². The van der Waals surface area contributed by atoms with Crippen LogP contribution in [0.1, 0.15) is 37.3 Å². The number of aryl methyl sites for hydroxylation is 1. The lowest BCUT2D eigenvalue weighted by Gasteiger charge is -2.03. The first-order valence-corrected chi connectivity index (χ1v) is 5.86. The lowest BCUT2D eigenvalue weighted by Crippen LogP contribution is -1.85. The first-order chi connectivity index (χ1) is 7.40. The summed E-state index contributed by atoms with van der Waals surface area (Å²) in [5.41, 5.74) is 4.18. The van der Waals surface area contributed by atoms with Crippen LogP contribution in [0.25, 0.3) is 5.57 Å². The molecule has 0 heteroatoms. The van der Waals surface area contributed by atoms with Gasteiger partial charge >= 0.3 is 0 Å². The standard InChI is InChI=1S/C15H18/c1-2-3-6-13-9-11-15(12-10-13)14-7-4-5-8-14/h4,7-12H,2-3,5-6H2,1H3. The molecule has 78 valence electrons. The van der Waals surface area contributed by atoms with Crippen molar-refractivity contribution in [2.24, 2.45) is 0 Å². The number of hydrogen-bond acceptors (Lipinski definition) is 0. The van der Waals surface area contributed by atoms with Gasteiger partial charge in [0.05, 0.1) is 0 Å². The summed E-state index contributed by atoms with van der Waals surface area (Å²) in [6.45, 7) is 2.24. The number of allylic oxidation sites excluding steroid dienone is 4. The maximum absolute atomic E-state index is 2.28. The quantitative estimate of drug-likeness (QED) is 0.673. The molecule has 0 heterocycles. The Kier molecular flexibility index (Phi) is 3.39. The number of unbranched alkanes of at least 4 members (excludes halogenated alkanes) is 1. The Balaban J connectivity index is 2.06. The van der Waals surface area contributed by atoms with Gasteiger partial charge in [-0.15, -0.1) is 0 Å². The normalized spacial score (nSPS) is 14.3. The van der Waals surface area contributed by atoms with Crippen LogP contribution in [-0.4, -0.2) is 0 Å². The molecule has 0 aromatic heterocycles. The summed E-state index contributed by atoms with van der Waals surface area (Å²) in [6.07, 6.45) is 11.6. The van der Waals surface area contributed by atoms with Crippen molar-refractivity contribution in [2.75, 3.05) is 0 Å². The highest BCUT2D eigenvalue weighted by molar-refractivity contribution is 5.76. The number of benzene rings is 1. The van der Waals surface area contributed by atoms with E-state index in [1.807, 2.05) is 0 Å². The number of hydrogen-bond donors (Lipinski definition) is 0. The van der Waals surface area contributed by atoms with Crippen LogP contribution in [0, 0.1) is 0 Å². The Morgan fingerprint density at radius 2 is 1.93 bits per heavy atom. The molecule has 0 saturated heterocycles. The second-order valence-corrected chi connectivity index (χ2v) is 4.10. The second-order valence-electron chi connectivity index (χ2n) is 4.10. The molecule has 1 aliphatic rings. The summed E-state index contributed by atoms with van der Waals surface area (Å²) in [5.74, 6) is 0. The molecule has 2 rings (SSSR count). The predicted octanol–water partition coefficient (Wildman–Crippen LogP) is 4.37. The minimum absolute atomic E-state index is 1.09. The molecule has 1 aromatic carbocycles. The Bertz CT molecular complexity index is 366. The van der Waals surface area contributed by atoms with Crippen LogP contribution in [0.15, 0.2) is 42.5 Å². The number of rotatable bonds is 4. The smallest absolute Gasteiger partial charge is 0.0157 e. The first-order valence-electron chi connectivity index (χ1n) is 5.86. The van der Waals surface area contributed by atoms with Crippen LogP contribution < -0.4 is 0 Å².